The smallest absolute Gasteiger partial charge is 0.105 e. The Kier molecular flexibility index (Phi) is 5.46. The summed E-state index contributed by atoms with van der Waals surface area (Å²) < 4.78 is 0. The third-order valence-corrected chi connectivity index (χ3v) is 5.16. The molecule has 1 saturated heterocycles. The molecule has 0 aromatic carbocycles. The zero-order valence-corrected chi connectivity index (χ0v) is 13.5. The molecule has 0 bridgehead atoms. The van der Waals surface area contributed by atoms with Crippen LogP contribution in [0.2, 0.25) is 0 Å². The Morgan fingerprint density at radius 3 is 2.60 bits per heavy atom. The number of nitrogens with zero attached hydrogens (tertiary/aromatic N) is 2. The quantitative estimate of drug-likeness (QED) is 0.839. The minimum Gasteiger partial charge on any atom is -0.303 e. The number of fused-ring (bicyclic) bond motifs is 1. The minimum absolute atomic E-state index is 0.365. The molecule has 3 atom stereocenters. The minimum atomic E-state index is -0.377. The van der Waals surface area contributed by atoms with Gasteiger partial charge in [0, 0.05) is 19.1 Å². The number of hydrogen-bond donors (Lipinski definition) is 1. The normalized spacial score (nSPS) is 30.6. The maximum atomic E-state index is 9.42. The molecule has 0 radical (unpaired) electrons. The van der Waals surface area contributed by atoms with Crippen molar-refractivity contribution >= 4 is 0 Å². The second-order valence-electron chi connectivity index (χ2n) is 7.39. The van der Waals surface area contributed by atoms with Crippen LogP contribution in [0, 0.1) is 23.2 Å². The molecule has 1 heterocycles. The Bertz CT molecular complexity index is 347. The van der Waals surface area contributed by atoms with Crippen molar-refractivity contribution in [3.05, 3.63) is 0 Å². The lowest BCUT2D eigenvalue weighted by Crippen LogP contribution is -2.49. The molecule has 1 aliphatic carbocycles. The van der Waals surface area contributed by atoms with E-state index in [9.17, 15) is 5.26 Å². The maximum absolute atomic E-state index is 9.42. The fraction of sp³-hybridized carbons (Fsp3) is 0.941. The van der Waals surface area contributed by atoms with E-state index in [-0.39, 0.29) is 5.54 Å². The highest BCUT2D eigenvalue weighted by Crippen LogP contribution is 2.36. The van der Waals surface area contributed by atoms with E-state index in [1.54, 1.807) is 0 Å². The van der Waals surface area contributed by atoms with E-state index in [0.717, 1.165) is 24.8 Å². The molecule has 20 heavy (non-hydrogen) atoms. The van der Waals surface area contributed by atoms with Gasteiger partial charge in [-0.05, 0) is 58.4 Å². The van der Waals surface area contributed by atoms with E-state index in [1.807, 2.05) is 6.92 Å². The number of nitrogens with one attached hydrogen (secondary N) is 1. The molecule has 3 heteroatoms. The average Bonchev–Trinajstić information content (AvgIpc) is 2.44. The number of likely N-dealkylation sites (tertiary alicyclic amines) is 1. The molecule has 2 fully saturated rings. The summed E-state index contributed by atoms with van der Waals surface area (Å²) >= 11 is 0. The molecule has 0 aromatic rings. The van der Waals surface area contributed by atoms with Gasteiger partial charge in [0.25, 0.3) is 0 Å². The Hall–Kier alpha value is -0.590. The summed E-state index contributed by atoms with van der Waals surface area (Å²) in [5, 5.41) is 12.8. The van der Waals surface area contributed by atoms with Crippen molar-refractivity contribution < 1.29 is 0 Å². The Morgan fingerprint density at radius 2 is 1.95 bits per heavy atom. The predicted octanol–water partition coefficient (Wildman–Crippen LogP) is 3.17. The monoisotopic (exact) mass is 277 g/mol. The van der Waals surface area contributed by atoms with Crippen LogP contribution in [0.25, 0.3) is 0 Å². The molecule has 114 valence electrons. The highest BCUT2D eigenvalue weighted by molar-refractivity contribution is 5.05. The highest BCUT2D eigenvalue weighted by Gasteiger charge is 2.32. The Labute approximate surface area is 124 Å². The lowest BCUT2D eigenvalue weighted by atomic mass is 9.75. The van der Waals surface area contributed by atoms with Crippen molar-refractivity contribution in [2.45, 2.75) is 70.9 Å². The van der Waals surface area contributed by atoms with E-state index < -0.39 is 0 Å². The summed E-state index contributed by atoms with van der Waals surface area (Å²) in [6, 6.07) is 2.83. The summed E-state index contributed by atoms with van der Waals surface area (Å²) in [5.41, 5.74) is -0.377. The number of hydrogen-bond acceptors (Lipinski definition) is 3. The van der Waals surface area contributed by atoms with E-state index >= 15 is 0 Å². The number of nitriles is 1. The molecule has 3 nitrogen and oxygen atoms in total. The molecular formula is C17H31N3. The van der Waals surface area contributed by atoms with Crippen LogP contribution in [-0.4, -0.2) is 36.1 Å². The zero-order valence-electron chi connectivity index (χ0n) is 13.5. The average molecular weight is 277 g/mol. The molecule has 3 unspecified atom stereocenters. The number of rotatable bonds is 5. The Morgan fingerprint density at radius 1 is 1.25 bits per heavy atom. The summed E-state index contributed by atoms with van der Waals surface area (Å²) in [7, 11) is 0. The lowest BCUT2D eigenvalue weighted by Gasteiger charge is -2.42. The van der Waals surface area contributed by atoms with Gasteiger partial charge in [0.1, 0.15) is 5.54 Å². The van der Waals surface area contributed by atoms with Gasteiger partial charge in [0.2, 0.25) is 0 Å². The molecule has 0 amide bonds. The molecular weight excluding hydrogens is 246 g/mol. The first-order valence-corrected chi connectivity index (χ1v) is 8.44. The van der Waals surface area contributed by atoms with E-state index in [0.29, 0.717) is 6.04 Å². The van der Waals surface area contributed by atoms with Gasteiger partial charge in [-0.2, -0.15) is 5.26 Å². The van der Waals surface area contributed by atoms with Crippen LogP contribution < -0.4 is 5.32 Å². The SMILES string of the molecule is CC(C)NC(C)(C#N)CCN1CCC2CCCCC2C1. The van der Waals surface area contributed by atoms with Gasteiger partial charge in [-0.1, -0.05) is 19.3 Å². The van der Waals surface area contributed by atoms with Gasteiger partial charge < -0.3 is 4.90 Å². The topological polar surface area (TPSA) is 39.1 Å². The van der Waals surface area contributed by atoms with Gasteiger partial charge in [-0.15, -0.1) is 0 Å². The van der Waals surface area contributed by atoms with Gasteiger partial charge >= 0.3 is 0 Å². The molecule has 1 aliphatic heterocycles. The van der Waals surface area contributed by atoms with Crippen LogP contribution in [0.1, 0.15) is 59.3 Å². The highest BCUT2D eigenvalue weighted by atomic mass is 15.1. The van der Waals surface area contributed by atoms with Gasteiger partial charge in [-0.25, -0.2) is 0 Å². The van der Waals surface area contributed by atoms with Crippen LogP contribution in [0.4, 0.5) is 0 Å². The molecule has 1 N–H and O–H groups in total. The van der Waals surface area contributed by atoms with Crippen molar-refractivity contribution in [2.75, 3.05) is 19.6 Å². The first-order valence-electron chi connectivity index (χ1n) is 8.44. The second kappa shape index (κ2) is 6.91. The lowest BCUT2D eigenvalue weighted by molar-refractivity contribution is 0.0819. The van der Waals surface area contributed by atoms with Crippen molar-refractivity contribution in [3.8, 4) is 6.07 Å². The van der Waals surface area contributed by atoms with Crippen molar-refractivity contribution in [1.82, 2.24) is 10.2 Å². The molecule has 0 spiro atoms. The standard InChI is InChI=1S/C17H31N3/c1-14(2)19-17(3,13-18)9-11-20-10-8-15-6-4-5-7-16(15)12-20/h14-16,19H,4-12H2,1-3H3. The first-order chi connectivity index (χ1) is 9.52. The Balaban J connectivity index is 1.80. The van der Waals surface area contributed by atoms with E-state index in [1.165, 1.54) is 45.2 Å². The third kappa shape index (κ3) is 4.20. The summed E-state index contributed by atoms with van der Waals surface area (Å²) in [4.78, 5) is 2.60. The summed E-state index contributed by atoms with van der Waals surface area (Å²) in [6.45, 7) is 9.85. The van der Waals surface area contributed by atoms with Crippen molar-refractivity contribution in [1.29, 1.82) is 5.26 Å². The second-order valence-corrected chi connectivity index (χ2v) is 7.39. The van der Waals surface area contributed by atoms with Crippen LogP contribution in [0.15, 0.2) is 0 Å². The van der Waals surface area contributed by atoms with Gasteiger partial charge in [0.05, 0.1) is 6.07 Å². The summed E-state index contributed by atoms with van der Waals surface area (Å²) in [6.07, 6.45) is 8.08. The predicted molar refractivity (Wildman–Crippen MR) is 83.4 cm³/mol. The maximum Gasteiger partial charge on any atom is 0.105 e. The number of piperidine rings is 1. The van der Waals surface area contributed by atoms with Crippen LogP contribution >= 0.6 is 0 Å². The first kappa shape index (κ1) is 15.8. The molecule has 2 rings (SSSR count). The fourth-order valence-electron chi connectivity index (χ4n) is 4.06. The van der Waals surface area contributed by atoms with Crippen LogP contribution in [0.5, 0.6) is 0 Å². The van der Waals surface area contributed by atoms with Crippen LogP contribution in [-0.2, 0) is 0 Å². The van der Waals surface area contributed by atoms with Gasteiger partial charge in [0.15, 0.2) is 0 Å². The third-order valence-electron chi connectivity index (χ3n) is 5.16. The fourth-order valence-corrected chi connectivity index (χ4v) is 4.06. The zero-order chi connectivity index (χ0) is 14.6. The van der Waals surface area contributed by atoms with Crippen LogP contribution in [0.3, 0.4) is 0 Å². The van der Waals surface area contributed by atoms with Crippen molar-refractivity contribution in [3.63, 3.8) is 0 Å². The summed E-state index contributed by atoms with van der Waals surface area (Å²) in [5.74, 6) is 1.93. The van der Waals surface area contributed by atoms with E-state index in [4.69, 9.17) is 0 Å². The van der Waals surface area contributed by atoms with Gasteiger partial charge in [-0.3, -0.25) is 5.32 Å². The molecule has 0 aromatic heterocycles. The molecule has 2 aliphatic rings. The largest absolute Gasteiger partial charge is 0.303 e. The molecule has 1 saturated carbocycles. The van der Waals surface area contributed by atoms with E-state index in [2.05, 4.69) is 30.1 Å². The van der Waals surface area contributed by atoms with Crippen molar-refractivity contribution in [2.24, 2.45) is 11.8 Å².